The lowest BCUT2D eigenvalue weighted by molar-refractivity contribution is 0.519. The van der Waals surface area contributed by atoms with E-state index in [9.17, 15) is 0 Å². The quantitative estimate of drug-likeness (QED) is 0.818. The fraction of sp³-hybridized carbons (Fsp3) is 0.533. The highest BCUT2D eigenvalue weighted by atomic mass is 32.1. The predicted octanol–water partition coefficient (Wildman–Crippen LogP) is 3.18. The second-order valence-corrected chi connectivity index (χ2v) is 5.80. The van der Waals surface area contributed by atoms with Gasteiger partial charge in [0.25, 0.3) is 0 Å². The molecule has 0 aromatic heterocycles. The number of fused-ring (bicyclic) bond motifs is 1. The summed E-state index contributed by atoms with van der Waals surface area (Å²) in [5.41, 5.74) is 2.88. The van der Waals surface area contributed by atoms with Crippen molar-refractivity contribution in [1.82, 2.24) is 10.6 Å². The lowest BCUT2D eigenvalue weighted by atomic mass is 9.88. The summed E-state index contributed by atoms with van der Waals surface area (Å²) in [4.78, 5) is 0. The zero-order valence-electron chi connectivity index (χ0n) is 11.2. The molecule has 2 rings (SSSR count). The third-order valence-electron chi connectivity index (χ3n) is 3.35. The van der Waals surface area contributed by atoms with Crippen LogP contribution in [-0.2, 0) is 6.42 Å². The van der Waals surface area contributed by atoms with Crippen molar-refractivity contribution in [3.05, 3.63) is 35.4 Å². The third-order valence-corrected chi connectivity index (χ3v) is 3.61. The lowest BCUT2D eigenvalue weighted by Gasteiger charge is -2.27. The Labute approximate surface area is 115 Å². The molecule has 1 aliphatic carbocycles. The van der Waals surface area contributed by atoms with Gasteiger partial charge in [0.15, 0.2) is 5.11 Å². The second-order valence-electron chi connectivity index (χ2n) is 5.39. The molecule has 0 heterocycles. The van der Waals surface area contributed by atoms with Gasteiger partial charge < -0.3 is 10.6 Å². The van der Waals surface area contributed by atoms with Crippen LogP contribution in [0.2, 0.25) is 0 Å². The summed E-state index contributed by atoms with van der Waals surface area (Å²) in [7, 11) is 0. The van der Waals surface area contributed by atoms with Gasteiger partial charge in [-0.3, -0.25) is 0 Å². The Morgan fingerprint density at radius 2 is 2.17 bits per heavy atom. The molecule has 0 spiro atoms. The maximum atomic E-state index is 5.36. The monoisotopic (exact) mass is 262 g/mol. The summed E-state index contributed by atoms with van der Waals surface area (Å²) in [5.74, 6) is 0.614. The van der Waals surface area contributed by atoms with E-state index in [2.05, 4.69) is 48.7 Å². The summed E-state index contributed by atoms with van der Waals surface area (Å²) in [6.45, 7) is 5.30. The average molecular weight is 262 g/mol. The first-order valence-electron chi connectivity index (χ1n) is 6.79. The number of nitrogens with one attached hydrogen (secondary N) is 2. The Morgan fingerprint density at radius 1 is 1.39 bits per heavy atom. The van der Waals surface area contributed by atoms with Gasteiger partial charge in [0.2, 0.25) is 0 Å². The highest BCUT2D eigenvalue weighted by molar-refractivity contribution is 7.80. The number of rotatable bonds is 3. The minimum Gasteiger partial charge on any atom is -0.362 e. The van der Waals surface area contributed by atoms with Crippen LogP contribution >= 0.6 is 12.2 Å². The maximum Gasteiger partial charge on any atom is 0.166 e. The molecule has 98 valence electrons. The van der Waals surface area contributed by atoms with Crippen molar-refractivity contribution in [3.63, 3.8) is 0 Å². The molecule has 0 amide bonds. The van der Waals surface area contributed by atoms with Gasteiger partial charge in [-0.2, -0.15) is 0 Å². The van der Waals surface area contributed by atoms with Crippen LogP contribution in [0.15, 0.2) is 24.3 Å². The summed E-state index contributed by atoms with van der Waals surface area (Å²) in [6, 6.07) is 9.06. The molecule has 0 saturated carbocycles. The smallest absolute Gasteiger partial charge is 0.166 e. The van der Waals surface area contributed by atoms with E-state index in [1.165, 1.54) is 30.4 Å². The minimum absolute atomic E-state index is 0.377. The Bertz CT molecular complexity index is 415. The van der Waals surface area contributed by atoms with E-state index in [0.717, 1.165) is 11.7 Å². The van der Waals surface area contributed by atoms with Crippen LogP contribution in [0.4, 0.5) is 0 Å². The van der Waals surface area contributed by atoms with Gasteiger partial charge in [0.1, 0.15) is 0 Å². The fourth-order valence-electron chi connectivity index (χ4n) is 2.41. The van der Waals surface area contributed by atoms with Crippen LogP contribution in [0.5, 0.6) is 0 Å². The number of benzene rings is 1. The summed E-state index contributed by atoms with van der Waals surface area (Å²) >= 11 is 5.36. The van der Waals surface area contributed by atoms with Gasteiger partial charge in [-0.15, -0.1) is 0 Å². The average Bonchev–Trinajstić information content (AvgIpc) is 2.37. The summed E-state index contributed by atoms with van der Waals surface area (Å²) in [5, 5.41) is 7.51. The van der Waals surface area contributed by atoms with E-state index < -0.39 is 0 Å². The molecular formula is C15H22N2S. The van der Waals surface area contributed by atoms with Crippen molar-refractivity contribution in [3.8, 4) is 0 Å². The third kappa shape index (κ3) is 3.45. The maximum absolute atomic E-state index is 5.36. The molecule has 0 radical (unpaired) electrons. The standard InChI is InChI=1S/C15H22N2S/c1-11(2)10-16-15(18)17-14-9-5-7-12-6-3-4-8-13(12)14/h3-4,6,8,11,14H,5,7,9-10H2,1-2H3,(H2,16,17,18). The van der Waals surface area contributed by atoms with Gasteiger partial charge in [0, 0.05) is 6.54 Å². The van der Waals surface area contributed by atoms with E-state index in [4.69, 9.17) is 12.2 Å². The number of hydrogen-bond acceptors (Lipinski definition) is 1. The molecule has 18 heavy (non-hydrogen) atoms. The van der Waals surface area contributed by atoms with Crippen LogP contribution in [0, 0.1) is 5.92 Å². The molecule has 1 aromatic rings. The molecule has 1 aromatic carbocycles. The molecule has 1 atom stereocenters. The molecule has 0 fully saturated rings. The minimum atomic E-state index is 0.377. The molecular weight excluding hydrogens is 240 g/mol. The van der Waals surface area contributed by atoms with Gasteiger partial charge >= 0.3 is 0 Å². The molecule has 1 unspecified atom stereocenters. The Hall–Kier alpha value is -1.09. The normalized spacial score (nSPS) is 18.3. The SMILES string of the molecule is CC(C)CNC(=S)NC1CCCc2ccccc21. The molecule has 3 heteroatoms. The molecule has 0 aliphatic heterocycles. The van der Waals surface area contributed by atoms with Crippen molar-refractivity contribution in [2.24, 2.45) is 5.92 Å². The zero-order valence-corrected chi connectivity index (χ0v) is 12.0. The van der Waals surface area contributed by atoms with E-state index >= 15 is 0 Å². The topological polar surface area (TPSA) is 24.1 Å². The lowest BCUT2D eigenvalue weighted by Crippen LogP contribution is -2.40. The Kier molecular flexibility index (Phi) is 4.59. The van der Waals surface area contributed by atoms with E-state index in [-0.39, 0.29) is 0 Å². The first-order chi connectivity index (χ1) is 8.66. The number of aryl methyl sites for hydroxylation is 1. The van der Waals surface area contributed by atoms with E-state index in [1.54, 1.807) is 0 Å². The molecule has 0 saturated heterocycles. The van der Waals surface area contributed by atoms with Crippen LogP contribution < -0.4 is 10.6 Å². The molecule has 2 nitrogen and oxygen atoms in total. The second kappa shape index (κ2) is 6.19. The molecule has 0 bridgehead atoms. The van der Waals surface area contributed by atoms with Crippen molar-refractivity contribution >= 4 is 17.3 Å². The first-order valence-corrected chi connectivity index (χ1v) is 7.20. The highest BCUT2D eigenvalue weighted by Gasteiger charge is 2.19. The first kappa shape index (κ1) is 13.3. The van der Waals surface area contributed by atoms with Gasteiger partial charge in [-0.1, -0.05) is 38.1 Å². The van der Waals surface area contributed by atoms with Crippen molar-refractivity contribution < 1.29 is 0 Å². The van der Waals surface area contributed by atoms with Crippen LogP contribution in [0.25, 0.3) is 0 Å². The van der Waals surface area contributed by atoms with Gasteiger partial charge in [-0.25, -0.2) is 0 Å². The zero-order chi connectivity index (χ0) is 13.0. The largest absolute Gasteiger partial charge is 0.362 e. The predicted molar refractivity (Wildman–Crippen MR) is 80.7 cm³/mol. The van der Waals surface area contributed by atoms with E-state index in [1.807, 2.05) is 0 Å². The van der Waals surface area contributed by atoms with Crippen LogP contribution in [0.1, 0.15) is 43.9 Å². The summed E-state index contributed by atoms with van der Waals surface area (Å²) < 4.78 is 0. The highest BCUT2D eigenvalue weighted by Crippen LogP contribution is 2.29. The Morgan fingerprint density at radius 3 is 2.94 bits per heavy atom. The number of thiocarbonyl (C=S) groups is 1. The Balaban J connectivity index is 1.96. The van der Waals surface area contributed by atoms with Crippen molar-refractivity contribution in [1.29, 1.82) is 0 Å². The summed E-state index contributed by atoms with van der Waals surface area (Å²) in [6.07, 6.45) is 3.60. The van der Waals surface area contributed by atoms with Gasteiger partial charge in [-0.05, 0) is 48.5 Å². The van der Waals surface area contributed by atoms with Crippen LogP contribution in [0.3, 0.4) is 0 Å². The van der Waals surface area contributed by atoms with Crippen LogP contribution in [-0.4, -0.2) is 11.7 Å². The molecule has 2 N–H and O–H groups in total. The van der Waals surface area contributed by atoms with Crippen molar-refractivity contribution in [2.45, 2.75) is 39.2 Å². The van der Waals surface area contributed by atoms with E-state index in [0.29, 0.717) is 12.0 Å². The fourth-order valence-corrected chi connectivity index (χ4v) is 2.64. The van der Waals surface area contributed by atoms with Gasteiger partial charge in [0.05, 0.1) is 6.04 Å². The molecule has 1 aliphatic rings. The van der Waals surface area contributed by atoms with Crippen molar-refractivity contribution in [2.75, 3.05) is 6.54 Å². The number of hydrogen-bond donors (Lipinski definition) is 2.